The molecule has 0 aliphatic rings. The maximum Gasteiger partial charge on any atom is 0.230 e. The molecule has 0 aliphatic carbocycles. The van der Waals surface area contributed by atoms with E-state index in [0.29, 0.717) is 22.7 Å². The summed E-state index contributed by atoms with van der Waals surface area (Å²) in [4.78, 5) is 12.9. The number of anilines is 1. The molecule has 6 heteroatoms. The van der Waals surface area contributed by atoms with E-state index in [0.717, 1.165) is 11.8 Å². The van der Waals surface area contributed by atoms with Gasteiger partial charge in [0.15, 0.2) is 9.84 Å². The molecule has 0 bridgehead atoms. The first-order chi connectivity index (χ1) is 11.5. The lowest BCUT2D eigenvalue weighted by molar-refractivity contribution is -0.123. The van der Waals surface area contributed by atoms with Gasteiger partial charge in [-0.15, -0.1) is 0 Å². The predicted molar refractivity (Wildman–Crippen MR) is 102 cm³/mol. The number of hydrogen-bond donors (Lipinski definition) is 1. The topological polar surface area (TPSA) is 63.2 Å². The Hall–Kier alpha value is -1.85. The lowest BCUT2D eigenvalue weighted by Gasteiger charge is -2.24. The Bertz CT molecular complexity index is 905. The van der Waals surface area contributed by atoms with Crippen molar-refractivity contribution in [1.29, 1.82) is 0 Å². The summed E-state index contributed by atoms with van der Waals surface area (Å²) in [6, 6.07) is 12.1. The predicted octanol–water partition coefficient (Wildman–Crippen LogP) is 4.26. The monoisotopic (exact) mass is 379 g/mol. The number of rotatable bonds is 5. The van der Waals surface area contributed by atoms with Gasteiger partial charge in [-0.05, 0) is 54.8 Å². The van der Waals surface area contributed by atoms with Crippen LogP contribution in [0.3, 0.4) is 0 Å². The molecule has 0 aromatic heterocycles. The molecule has 2 aromatic rings. The second-order valence-electron chi connectivity index (χ2n) is 6.89. The summed E-state index contributed by atoms with van der Waals surface area (Å²) >= 11 is 6.01. The molecule has 134 valence electrons. The number of halogens is 1. The average molecular weight is 380 g/mol. The van der Waals surface area contributed by atoms with E-state index in [4.69, 9.17) is 11.6 Å². The minimum atomic E-state index is -3.27. The lowest BCUT2D eigenvalue weighted by atomic mass is 9.84. The molecule has 0 aliphatic heterocycles. The van der Waals surface area contributed by atoms with E-state index in [1.807, 2.05) is 32.0 Å². The van der Waals surface area contributed by atoms with E-state index in [2.05, 4.69) is 5.32 Å². The smallest absolute Gasteiger partial charge is 0.230 e. The highest BCUT2D eigenvalue weighted by Crippen LogP contribution is 2.27. The average Bonchev–Trinajstić information content (AvgIpc) is 2.47. The first-order valence-electron chi connectivity index (χ1n) is 7.86. The Kier molecular flexibility index (Phi) is 5.59. The standard InChI is InChI=1S/C19H22ClNO3S/c1-13-10-16(25(4,23)24)8-9-17(13)21-18(22)19(2,3)12-14-6-5-7-15(20)11-14/h5-11H,12H2,1-4H3,(H,21,22). The largest absolute Gasteiger partial charge is 0.325 e. The molecule has 2 rings (SSSR count). The summed E-state index contributed by atoms with van der Waals surface area (Å²) in [5.74, 6) is -0.136. The third-order valence-electron chi connectivity index (χ3n) is 4.02. The molecule has 1 N–H and O–H groups in total. The van der Waals surface area contributed by atoms with Crippen LogP contribution in [0.15, 0.2) is 47.4 Å². The van der Waals surface area contributed by atoms with Crippen molar-refractivity contribution >= 4 is 33.0 Å². The zero-order chi connectivity index (χ0) is 18.8. The molecule has 1 amide bonds. The number of sulfone groups is 1. The van der Waals surface area contributed by atoms with Gasteiger partial charge in [0, 0.05) is 22.4 Å². The van der Waals surface area contributed by atoms with E-state index in [9.17, 15) is 13.2 Å². The van der Waals surface area contributed by atoms with Gasteiger partial charge in [-0.25, -0.2) is 8.42 Å². The molecule has 0 spiro atoms. The number of carbonyl (C=O) groups excluding carboxylic acids is 1. The molecule has 25 heavy (non-hydrogen) atoms. The van der Waals surface area contributed by atoms with Gasteiger partial charge in [-0.3, -0.25) is 4.79 Å². The second-order valence-corrected chi connectivity index (χ2v) is 9.35. The Morgan fingerprint density at radius 2 is 1.84 bits per heavy atom. The van der Waals surface area contributed by atoms with E-state index >= 15 is 0 Å². The van der Waals surface area contributed by atoms with Crippen molar-refractivity contribution in [1.82, 2.24) is 0 Å². The fourth-order valence-electron chi connectivity index (χ4n) is 2.54. The maximum atomic E-state index is 12.7. The van der Waals surface area contributed by atoms with Crippen LogP contribution < -0.4 is 5.32 Å². The number of carbonyl (C=O) groups is 1. The van der Waals surface area contributed by atoms with Crippen molar-refractivity contribution in [3.05, 3.63) is 58.6 Å². The Morgan fingerprint density at radius 1 is 1.16 bits per heavy atom. The minimum absolute atomic E-state index is 0.136. The molecule has 0 fully saturated rings. The Labute approximate surface area is 154 Å². The molecule has 0 heterocycles. The summed E-state index contributed by atoms with van der Waals surface area (Å²) in [5, 5.41) is 3.54. The molecular weight excluding hydrogens is 358 g/mol. The van der Waals surface area contributed by atoms with E-state index in [-0.39, 0.29) is 10.8 Å². The van der Waals surface area contributed by atoms with Crippen LogP contribution >= 0.6 is 11.6 Å². The summed E-state index contributed by atoms with van der Waals surface area (Å²) in [5.41, 5.74) is 1.65. The van der Waals surface area contributed by atoms with Crippen molar-refractivity contribution in [2.45, 2.75) is 32.1 Å². The van der Waals surface area contributed by atoms with Crippen LogP contribution in [0.4, 0.5) is 5.69 Å². The minimum Gasteiger partial charge on any atom is -0.325 e. The van der Waals surface area contributed by atoms with Crippen LogP contribution in [0.1, 0.15) is 25.0 Å². The second kappa shape index (κ2) is 7.18. The number of hydrogen-bond acceptors (Lipinski definition) is 3. The SMILES string of the molecule is Cc1cc(S(C)(=O)=O)ccc1NC(=O)C(C)(C)Cc1cccc(Cl)c1. The van der Waals surface area contributed by atoms with Crippen molar-refractivity contribution in [3.8, 4) is 0 Å². The van der Waals surface area contributed by atoms with Gasteiger partial charge in [0.1, 0.15) is 0 Å². The van der Waals surface area contributed by atoms with Crippen molar-refractivity contribution in [2.24, 2.45) is 5.41 Å². The van der Waals surface area contributed by atoms with Gasteiger partial charge in [0.25, 0.3) is 0 Å². The van der Waals surface area contributed by atoms with E-state index < -0.39 is 15.3 Å². The fraction of sp³-hybridized carbons (Fsp3) is 0.316. The molecule has 0 saturated carbocycles. The Balaban J connectivity index is 2.18. The third kappa shape index (κ3) is 5.06. The summed E-state index contributed by atoms with van der Waals surface area (Å²) in [6.07, 6.45) is 1.70. The molecule has 4 nitrogen and oxygen atoms in total. The molecule has 0 saturated heterocycles. The fourth-order valence-corrected chi connectivity index (χ4v) is 3.46. The number of amides is 1. The molecular formula is C19H22ClNO3S. The molecule has 0 unspecified atom stereocenters. The number of benzene rings is 2. The van der Waals surface area contributed by atoms with Crippen LogP contribution in [-0.2, 0) is 21.1 Å². The molecule has 0 radical (unpaired) electrons. The number of nitrogens with one attached hydrogen (secondary N) is 1. The van der Waals surface area contributed by atoms with Gasteiger partial charge in [0.2, 0.25) is 5.91 Å². The zero-order valence-electron chi connectivity index (χ0n) is 14.8. The summed E-state index contributed by atoms with van der Waals surface area (Å²) in [6.45, 7) is 5.50. The van der Waals surface area contributed by atoms with Gasteiger partial charge in [0.05, 0.1) is 4.90 Å². The van der Waals surface area contributed by atoms with Gasteiger partial charge >= 0.3 is 0 Å². The highest BCUT2D eigenvalue weighted by molar-refractivity contribution is 7.90. The van der Waals surface area contributed by atoms with Crippen LogP contribution in [0.2, 0.25) is 5.02 Å². The van der Waals surface area contributed by atoms with Crippen molar-refractivity contribution < 1.29 is 13.2 Å². The van der Waals surface area contributed by atoms with E-state index in [1.165, 1.54) is 6.07 Å². The van der Waals surface area contributed by atoms with Crippen LogP contribution in [0.25, 0.3) is 0 Å². The van der Waals surface area contributed by atoms with Crippen LogP contribution in [-0.4, -0.2) is 20.6 Å². The highest BCUT2D eigenvalue weighted by Gasteiger charge is 2.28. The Morgan fingerprint density at radius 3 is 2.40 bits per heavy atom. The first kappa shape index (κ1) is 19.5. The van der Waals surface area contributed by atoms with Crippen molar-refractivity contribution in [3.63, 3.8) is 0 Å². The summed E-state index contributed by atoms with van der Waals surface area (Å²) < 4.78 is 23.2. The lowest BCUT2D eigenvalue weighted by Crippen LogP contribution is -2.33. The first-order valence-corrected chi connectivity index (χ1v) is 10.1. The van der Waals surface area contributed by atoms with Crippen molar-refractivity contribution in [2.75, 3.05) is 11.6 Å². The summed E-state index contributed by atoms with van der Waals surface area (Å²) in [7, 11) is -3.27. The van der Waals surface area contributed by atoms with Crippen LogP contribution in [0, 0.1) is 12.3 Å². The van der Waals surface area contributed by atoms with Gasteiger partial charge < -0.3 is 5.32 Å². The van der Waals surface area contributed by atoms with Crippen LogP contribution in [0.5, 0.6) is 0 Å². The molecule has 0 atom stereocenters. The quantitative estimate of drug-likeness (QED) is 0.844. The molecule has 2 aromatic carbocycles. The van der Waals surface area contributed by atoms with Gasteiger partial charge in [-0.1, -0.05) is 37.6 Å². The highest BCUT2D eigenvalue weighted by atomic mass is 35.5. The van der Waals surface area contributed by atoms with Gasteiger partial charge in [-0.2, -0.15) is 0 Å². The zero-order valence-corrected chi connectivity index (χ0v) is 16.3. The normalized spacial score (nSPS) is 12.0. The maximum absolute atomic E-state index is 12.7. The third-order valence-corrected chi connectivity index (χ3v) is 5.37. The van der Waals surface area contributed by atoms with E-state index in [1.54, 1.807) is 25.1 Å². The number of aryl methyl sites for hydroxylation is 1.